The van der Waals surface area contributed by atoms with E-state index in [1.807, 2.05) is 30.3 Å². The number of carbonyl (C=O) groups is 1. The Morgan fingerprint density at radius 2 is 1.85 bits per heavy atom. The zero-order valence-electron chi connectivity index (χ0n) is 15.4. The number of hydrogen-bond acceptors (Lipinski definition) is 4. The molecular weight excluding hydrogens is 342 g/mol. The summed E-state index contributed by atoms with van der Waals surface area (Å²) in [6.07, 6.45) is 1.78. The molecule has 0 bridgehead atoms. The lowest BCUT2D eigenvalue weighted by Crippen LogP contribution is -2.07. The first kappa shape index (κ1) is 18.4. The van der Waals surface area contributed by atoms with Crippen molar-refractivity contribution in [3.05, 3.63) is 64.7 Å². The second-order valence-corrected chi connectivity index (χ2v) is 7.19. The number of carbonyl (C=O) groups excluding carboxylic acids is 1. The quantitative estimate of drug-likeness (QED) is 0.479. The van der Waals surface area contributed by atoms with E-state index in [0.29, 0.717) is 10.9 Å². The number of ketones is 1. The van der Waals surface area contributed by atoms with Crippen LogP contribution < -0.4 is 0 Å². The summed E-state index contributed by atoms with van der Waals surface area (Å²) in [5.74, 6) is 1.19. The summed E-state index contributed by atoms with van der Waals surface area (Å²) in [4.78, 5) is 17.2. The standard InChI is InChI=1S/C21H23N3OS/c1-4-15-8-11-16(5-2)18(12-15)19(25)13-26-21-22-20(23-24-21)17-9-6-14(3)7-10-17/h6-12H,4-5,13H2,1-3H3,(H,22,23,24). The van der Waals surface area contributed by atoms with Crippen molar-refractivity contribution in [2.75, 3.05) is 5.75 Å². The lowest BCUT2D eigenvalue weighted by atomic mass is 9.98. The Balaban J connectivity index is 1.70. The average molecular weight is 366 g/mol. The Morgan fingerprint density at radius 1 is 1.08 bits per heavy atom. The van der Waals surface area contributed by atoms with Crippen LogP contribution in [-0.2, 0) is 12.8 Å². The summed E-state index contributed by atoms with van der Waals surface area (Å²) >= 11 is 1.37. The van der Waals surface area contributed by atoms with Crippen molar-refractivity contribution in [1.82, 2.24) is 15.2 Å². The molecule has 1 N–H and O–H groups in total. The number of aromatic nitrogens is 3. The van der Waals surface area contributed by atoms with Crippen LogP contribution in [0.1, 0.15) is 40.9 Å². The maximum absolute atomic E-state index is 12.7. The molecule has 2 aromatic carbocycles. The van der Waals surface area contributed by atoms with E-state index in [0.717, 1.165) is 35.4 Å². The highest BCUT2D eigenvalue weighted by molar-refractivity contribution is 7.99. The lowest BCUT2D eigenvalue weighted by Gasteiger charge is -2.08. The number of aryl methyl sites for hydroxylation is 3. The molecule has 0 unspecified atom stereocenters. The molecule has 0 saturated carbocycles. The fourth-order valence-corrected chi connectivity index (χ4v) is 3.45. The van der Waals surface area contributed by atoms with E-state index in [4.69, 9.17) is 0 Å². The number of benzene rings is 2. The van der Waals surface area contributed by atoms with Gasteiger partial charge in [-0.15, -0.1) is 5.10 Å². The Kier molecular flexibility index (Phi) is 5.89. The van der Waals surface area contributed by atoms with Crippen LogP contribution in [0, 0.1) is 6.92 Å². The first-order chi connectivity index (χ1) is 12.6. The van der Waals surface area contributed by atoms with Crippen LogP contribution >= 0.6 is 11.8 Å². The van der Waals surface area contributed by atoms with Gasteiger partial charge in [0.2, 0.25) is 5.16 Å². The maximum atomic E-state index is 12.7. The molecule has 4 nitrogen and oxygen atoms in total. The van der Waals surface area contributed by atoms with Crippen molar-refractivity contribution in [3.63, 3.8) is 0 Å². The van der Waals surface area contributed by atoms with Gasteiger partial charge in [-0.3, -0.25) is 9.89 Å². The molecule has 1 aromatic heterocycles. The lowest BCUT2D eigenvalue weighted by molar-refractivity contribution is 0.102. The molecule has 0 radical (unpaired) electrons. The van der Waals surface area contributed by atoms with Crippen LogP contribution in [0.4, 0.5) is 0 Å². The molecule has 0 aliphatic carbocycles. The van der Waals surface area contributed by atoms with Gasteiger partial charge in [-0.2, -0.15) is 0 Å². The molecule has 5 heteroatoms. The summed E-state index contributed by atoms with van der Waals surface area (Å²) in [6, 6.07) is 14.3. The van der Waals surface area contributed by atoms with E-state index < -0.39 is 0 Å². The largest absolute Gasteiger partial charge is 0.293 e. The van der Waals surface area contributed by atoms with Crippen molar-refractivity contribution >= 4 is 17.5 Å². The van der Waals surface area contributed by atoms with E-state index >= 15 is 0 Å². The smallest absolute Gasteiger partial charge is 0.209 e. The van der Waals surface area contributed by atoms with Gasteiger partial charge in [-0.1, -0.05) is 67.6 Å². The van der Waals surface area contributed by atoms with Crippen molar-refractivity contribution in [1.29, 1.82) is 0 Å². The van der Waals surface area contributed by atoms with Crippen molar-refractivity contribution < 1.29 is 4.79 Å². The van der Waals surface area contributed by atoms with Gasteiger partial charge in [0, 0.05) is 11.1 Å². The zero-order chi connectivity index (χ0) is 18.5. The van der Waals surface area contributed by atoms with Crippen LogP contribution in [0.15, 0.2) is 47.6 Å². The first-order valence-electron chi connectivity index (χ1n) is 8.88. The van der Waals surface area contributed by atoms with Gasteiger partial charge in [0.15, 0.2) is 11.6 Å². The zero-order valence-corrected chi connectivity index (χ0v) is 16.2. The summed E-state index contributed by atoms with van der Waals surface area (Å²) in [5.41, 5.74) is 5.31. The number of aromatic amines is 1. The molecule has 3 aromatic rings. The van der Waals surface area contributed by atoms with Crippen molar-refractivity contribution in [2.45, 2.75) is 38.8 Å². The highest BCUT2D eigenvalue weighted by atomic mass is 32.2. The molecule has 0 spiro atoms. The van der Waals surface area contributed by atoms with E-state index in [9.17, 15) is 4.79 Å². The summed E-state index contributed by atoms with van der Waals surface area (Å²) in [6.45, 7) is 6.23. The summed E-state index contributed by atoms with van der Waals surface area (Å²) in [7, 11) is 0. The molecule has 0 aliphatic heterocycles. The average Bonchev–Trinajstić information content (AvgIpc) is 3.15. The minimum Gasteiger partial charge on any atom is -0.293 e. The highest BCUT2D eigenvalue weighted by Crippen LogP contribution is 2.22. The third kappa shape index (κ3) is 4.22. The maximum Gasteiger partial charge on any atom is 0.209 e. The molecule has 0 amide bonds. The third-order valence-electron chi connectivity index (χ3n) is 4.39. The monoisotopic (exact) mass is 365 g/mol. The fraction of sp³-hybridized carbons (Fsp3) is 0.286. The van der Waals surface area contributed by atoms with E-state index in [1.165, 1.54) is 22.9 Å². The second-order valence-electron chi connectivity index (χ2n) is 6.24. The van der Waals surface area contributed by atoms with Gasteiger partial charge in [0.25, 0.3) is 0 Å². The van der Waals surface area contributed by atoms with Gasteiger partial charge in [0.05, 0.1) is 5.75 Å². The highest BCUT2D eigenvalue weighted by Gasteiger charge is 2.14. The molecule has 0 aliphatic rings. The van der Waals surface area contributed by atoms with Gasteiger partial charge in [0.1, 0.15) is 0 Å². The number of hydrogen-bond donors (Lipinski definition) is 1. The molecule has 1 heterocycles. The first-order valence-corrected chi connectivity index (χ1v) is 9.86. The predicted octanol–water partition coefficient (Wildman–Crippen LogP) is 4.88. The SMILES string of the molecule is CCc1ccc(CC)c(C(=O)CSc2n[nH]c(-c3ccc(C)cc3)n2)c1. The number of nitrogens with one attached hydrogen (secondary N) is 1. The number of rotatable bonds is 7. The Labute approximate surface area is 158 Å². The van der Waals surface area contributed by atoms with Gasteiger partial charge in [-0.05, 0) is 37.0 Å². The Hall–Kier alpha value is -2.40. The molecular formula is C21H23N3OS. The van der Waals surface area contributed by atoms with Crippen LogP contribution in [0.2, 0.25) is 0 Å². The van der Waals surface area contributed by atoms with E-state index in [-0.39, 0.29) is 5.78 Å². The van der Waals surface area contributed by atoms with Crippen LogP contribution in [-0.4, -0.2) is 26.7 Å². The molecule has 3 rings (SSSR count). The normalized spacial score (nSPS) is 10.9. The minimum atomic E-state index is 0.129. The molecule has 0 saturated heterocycles. The van der Waals surface area contributed by atoms with E-state index in [1.54, 1.807) is 0 Å². The van der Waals surface area contributed by atoms with Crippen LogP contribution in [0.25, 0.3) is 11.4 Å². The summed E-state index contributed by atoms with van der Waals surface area (Å²) in [5, 5.41) is 7.78. The predicted molar refractivity (Wildman–Crippen MR) is 107 cm³/mol. The van der Waals surface area contributed by atoms with Gasteiger partial charge in [-0.25, -0.2) is 4.98 Å². The third-order valence-corrected chi connectivity index (χ3v) is 5.23. The molecule has 26 heavy (non-hydrogen) atoms. The minimum absolute atomic E-state index is 0.129. The fourth-order valence-electron chi connectivity index (χ4n) is 2.77. The van der Waals surface area contributed by atoms with Gasteiger partial charge >= 0.3 is 0 Å². The molecule has 0 atom stereocenters. The Morgan fingerprint density at radius 3 is 2.54 bits per heavy atom. The number of H-pyrrole nitrogens is 1. The number of Topliss-reactive ketones (excluding diaryl/α,β-unsaturated/α-hetero) is 1. The number of nitrogens with zero attached hydrogens (tertiary/aromatic N) is 2. The van der Waals surface area contributed by atoms with Crippen molar-refractivity contribution in [3.8, 4) is 11.4 Å². The van der Waals surface area contributed by atoms with Gasteiger partial charge < -0.3 is 0 Å². The number of thioether (sulfide) groups is 1. The topological polar surface area (TPSA) is 58.6 Å². The second kappa shape index (κ2) is 8.32. The molecule has 134 valence electrons. The Bertz CT molecular complexity index is 900. The van der Waals surface area contributed by atoms with Crippen LogP contribution in [0.3, 0.4) is 0 Å². The summed E-state index contributed by atoms with van der Waals surface area (Å²) < 4.78 is 0. The van der Waals surface area contributed by atoms with Crippen molar-refractivity contribution in [2.24, 2.45) is 0 Å². The van der Waals surface area contributed by atoms with E-state index in [2.05, 4.69) is 48.1 Å². The van der Waals surface area contributed by atoms with Crippen LogP contribution in [0.5, 0.6) is 0 Å². The molecule has 0 fully saturated rings.